The van der Waals surface area contributed by atoms with Crippen molar-refractivity contribution < 1.29 is 4.74 Å². The summed E-state index contributed by atoms with van der Waals surface area (Å²) >= 11 is 0. The first-order valence-electron chi connectivity index (χ1n) is 5.75. The van der Waals surface area contributed by atoms with Gasteiger partial charge in [-0.15, -0.1) is 12.4 Å². The number of rotatable bonds is 4. The van der Waals surface area contributed by atoms with Crippen LogP contribution in [0, 0.1) is 0 Å². The fourth-order valence-corrected chi connectivity index (χ4v) is 2.23. The van der Waals surface area contributed by atoms with Crippen LogP contribution < -0.4 is 10.1 Å². The van der Waals surface area contributed by atoms with Gasteiger partial charge in [-0.3, -0.25) is 0 Å². The highest BCUT2D eigenvalue weighted by atomic mass is 35.5. The molecule has 0 bridgehead atoms. The molecule has 0 unspecified atom stereocenters. The topological polar surface area (TPSA) is 21.3 Å². The Morgan fingerprint density at radius 2 is 1.94 bits per heavy atom. The predicted molar refractivity (Wildman–Crippen MR) is 69.3 cm³/mol. The van der Waals surface area contributed by atoms with E-state index >= 15 is 0 Å². The third-order valence-electron chi connectivity index (χ3n) is 3.13. The Balaban J connectivity index is 0.00000128. The van der Waals surface area contributed by atoms with Crippen molar-refractivity contribution in [3.8, 4) is 5.75 Å². The molecule has 90 valence electrons. The van der Waals surface area contributed by atoms with Crippen LogP contribution in [0.1, 0.15) is 31.2 Å². The van der Waals surface area contributed by atoms with E-state index in [2.05, 4.69) is 17.4 Å². The van der Waals surface area contributed by atoms with Crippen molar-refractivity contribution in [1.82, 2.24) is 5.32 Å². The average molecular weight is 242 g/mol. The quantitative estimate of drug-likeness (QED) is 0.875. The number of methoxy groups -OCH3 is 1. The van der Waals surface area contributed by atoms with E-state index in [1.54, 1.807) is 7.11 Å². The summed E-state index contributed by atoms with van der Waals surface area (Å²) in [7, 11) is 1.73. The summed E-state index contributed by atoms with van der Waals surface area (Å²) in [5.74, 6) is 0.989. The van der Waals surface area contributed by atoms with Gasteiger partial charge in [-0.25, -0.2) is 0 Å². The minimum absolute atomic E-state index is 0. The molecule has 0 aromatic heterocycles. The molecule has 2 nitrogen and oxygen atoms in total. The Hall–Kier alpha value is -0.730. The van der Waals surface area contributed by atoms with Crippen LogP contribution in [0.25, 0.3) is 0 Å². The molecule has 0 spiro atoms. The largest absolute Gasteiger partial charge is 0.496 e. The van der Waals surface area contributed by atoms with Crippen LogP contribution in [-0.4, -0.2) is 13.2 Å². The Labute approximate surface area is 104 Å². The summed E-state index contributed by atoms with van der Waals surface area (Å²) < 4.78 is 5.32. The summed E-state index contributed by atoms with van der Waals surface area (Å²) in [6.45, 7) is 0.925. The van der Waals surface area contributed by atoms with Crippen molar-refractivity contribution in [1.29, 1.82) is 0 Å². The lowest BCUT2D eigenvalue weighted by Gasteiger charge is -2.13. The first kappa shape index (κ1) is 13.3. The SMILES string of the molecule is COc1ccccc1CNC1CCCC1.Cl. The molecule has 1 aliphatic rings. The molecule has 1 aromatic carbocycles. The zero-order valence-electron chi connectivity index (χ0n) is 9.74. The van der Waals surface area contributed by atoms with Gasteiger partial charge in [-0.05, 0) is 18.9 Å². The highest BCUT2D eigenvalue weighted by molar-refractivity contribution is 5.85. The first-order valence-corrected chi connectivity index (χ1v) is 5.75. The second-order valence-electron chi connectivity index (χ2n) is 4.17. The highest BCUT2D eigenvalue weighted by Crippen LogP contribution is 2.20. The van der Waals surface area contributed by atoms with Crippen molar-refractivity contribution >= 4 is 12.4 Å². The third-order valence-corrected chi connectivity index (χ3v) is 3.13. The predicted octanol–water partition coefficient (Wildman–Crippen LogP) is 3.15. The van der Waals surface area contributed by atoms with E-state index in [0.29, 0.717) is 0 Å². The zero-order chi connectivity index (χ0) is 10.5. The van der Waals surface area contributed by atoms with Gasteiger partial charge in [0.15, 0.2) is 0 Å². The van der Waals surface area contributed by atoms with Crippen LogP contribution in [0.15, 0.2) is 24.3 Å². The van der Waals surface area contributed by atoms with Crippen molar-refractivity contribution in [3.63, 3.8) is 0 Å². The molecule has 0 radical (unpaired) electrons. The lowest BCUT2D eigenvalue weighted by molar-refractivity contribution is 0.405. The minimum atomic E-state index is 0. The summed E-state index contributed by atoms with van der Waals surface area (Å²) in [6.07, 6.45) is 5.41. The van der Waals surface area contributed by atoms with Crippen molar-refractivity contribution in [2.24, 2.45) is 0 Å². The summed E-state index contributed by atoms with van der Waals surface area (Å²) in [5.41, 5.74) is 1.26. The molecule has 16 heavy (non-hydrogen) atoms. The molecule has 1 aromatic rings. The zero-order valence-corrected chi connectivity index (χ0v) is 10.6. The number of ether oxygens (including phenoxy) is 1. The maximum Gasteiger partial charge on any atom is 0.123 e. The van der Waals surface area contributed by atoms with Gasteiger partial charge in [0.25, 0.3) is 0 Å². The van der Waals surface area contributed by atoms with Crippen molar-refractivity contribution in [2.45, 2.75) is 38.3 Å². The minimum Gasteiger partial charge on any atom is -0.496 e. The summed E-state index contributed by atoms with van der Waals surface area (Å²) in [5, 5.41) is 3.59. The Bertz CT molecular complexity index is 311. The second kappa shape index (κ2) is 6.77. The number of benzene rings is 1. The van der Waals surface area contributed by atoms with Gasteiger partial charge in [0.1, 0.15) is 5.75 Å². The Morgan fingerprint density at radius 1 is 1.25 bits per heavy atom. The second-order valence-corrected chi connectivity index (χ2v) is 4.17. The van der Waals surface area contributed by atoms with Crippen molar-refractivity contribution in [2.75, 3.05) is 7.11 Å². The number of hydrogen-bond acceptors (Lipinski definition) is 2. The van der Waals surface area contributed by atoms with Gasteiger partial charge in [0.2, 0.25) is 0 Å². The van der Waals surface area contributed by atoms with Crippen LogP contribution in [0.5, 0.6) is 5.75 Å². The van der Waals surface area contributed by atoms with Gasteiger partial charge in [-0.1, -0.05) is 31.0 Å². The molecular formula is C13H20ClNO. The van der Waals surface area contributed by atoms with Crippen LogP contribution in [0.2, 0.25) is 0 Å². The molecule has 2 rings (SSSR count). The molecular weight excluding hydrogens is 222 g/mol. The van der Waals surface area contributed by atoms with Gasteiger partial charge in [0.05, 0.1) is 7.11 Å². The standard InChI is InChI=1S/C13H19NO.ClH/c1-15-13-9-5-2-6-11(13)10-14-12-7-3-4-8-12;/h2,5-6,9,12,14H,3-4,7-8,10H2,1H3;1H. The first-order chi connectivity index (χ1) is 7.40. The normalized spacial score (nSPS) is 15.8. The van der Waals surface area contributed by atoms with Crippen LogP contribution in [-0.2, 0) is 6.54 Å². The highest BCUT2D eigenvalue weighted by Gasteiger charge is 2.14. The van der Waals surface area contributed by atoms with E-state index in [0.717, 1.165) is 18.3 Å². The third kappa shape index (κ3) is 3.39. The van der Waals surface area contributed by atoms with E-state index in [1.807, 2.05) is 12.1 Å². The molecule has 0 saturated heterocycles. The van der Waals surface area contributed by atoms with Gasteiger partial charge < -0.3 is 10.1 Å². The fraction of sp³-hybridized carbons (Fsp3) is 0.538. The van der Waals surface area contributed by atoms with E-state index in [-0.39, 0.29) is 12.4 Å². The maximum absolute atomic E-state index is 5.32. The molecule has 1 aliphatic carbocycles. The van der Waals surface area contributed by atoms with Crippen molar-refractivity contribution in [3.05, 3.63) is 29.8 Å². The number of para-hydroxylation sites is 1. The van der Waals surface area contributed by atoms with E-state index < -0.39 is 0 Å². The molecule has 1 fully saturated rings. The molecule has 1 saturated carbocycles. The summed E-state index contributed by atoms with van der Waals surface area (Å²) in [6, 6.07) is 8.94. The van der Waals surface area contributed by atoms with Gasteiger partial charge in [-0.2, -0.15) is 0 Å². The maximum atomic E-state index is 5.32. The summed E-state index contributed by atoms with van der Waals surface area (Å²) in [4.78, 5) is 0. The molecule has 0 heterocycles. The average Bonchev–Trinajstić information content (AvgIpc) is 2.79. The molecule has 3 heteroatoms. The molecule has 1 N–H and O–H groups in total. The fourth-order valence-electron chi connectivity index (χ4n) is 2.23. The van der Waals surface area contributed by atoms with Gasteiger partial charge >= 0.3 is 0 Å². The number of nitrogens with one attached hydrogen (secondary N) is 1. The Kier molecular flexibility index (Phi) is 5.64. The van der Waals surface area contributed by atoms with Crippen LogP contribution >= 0.6 is 12.4 Å². The lowest BCUT2D eigenvalue weighted by Crippen LogP contribution is -2.25. The van der Waals surface area contributed by atoms with E-state index in [9.17, 15) is 0 Å². The van der Waals surface area contributed by atoms with Crippen LogP contribution in [0.3, 0.4) is 0 Å². The van der Waals surface area contributed by atoms with Crippen LogP contribution in [0.4, 0.5) is 0 Å². The smallest absolute Gasteiger partial charge is 0.123 e. The number of hydrogen-bond donors (Lipinski definition) is 1. The molecule has 0 atom stereocenters. The van der Waals surface area contributed by atoms with E-state index in [1.165, 1.54) is 31.2 Å². The van der Waals surface area contributed by atoms with Gasteiger partial charge in [0, 0.05) is 18.2 Å². The monoisotopic (exact) mass is 241 g/mol. The number of halogens is 1. The molecule has 0 amide bonds. The molecule has 0 aliphatic heterocycles. The lowest BCUT2D eigenvalue weighted by atomic mass is 10.1. The van der Waals surface area contributed by atoms with E-state index in [4.69, 9.17) is 4.74 Å². The Morgan fingerprint density at radius 3 is 2.62 bits per heavy atom.